The van der Waals surface area contributed by atoms with E-state index < -0.39 is 5.91 Å². The van der Waals surface area contributed by atoms with Crippen LogP contribution in [-0.4, -0.2) is 53.5 Å². The van der Waals surface area contributed by atoms with E-state index in [0.29, 0.717) is 36.8 Å². The van der Waals surface area contributed by atoms with Gasteiger partial charge < -0.3 is 10.6 Å². The largest absolute Gasteiger partial charge is 0.365 e. The minimum absolute atomic E-state index is 0.323. The number of hydrogen-bond acceptors (Lipinski definition) is 6. The second-order valence-electron chi connectivity index (χ2n) is 5.58. The van der Waals surface area contributed by atoms with Gasteiger partial charge in [-0.1, -0.05) is 30.3 Å². The summed E-state index contributed by atoms with van der Waals surface area (Å²) < 4.78 is 0. The first kappa shape index (κ1) is 15.9. The van der Waals surface area contributed by atoms with Crippen LogP contribution in [0.2, 0.25) is 0 Å². The molecule has 1 aliphatic rings. The number of carbonyl (C=O) groups excluding carboxylic acids is 1. The van der Waals surface area contributed by atoms with Crippen LogP contribution in [0.15, 0.2) is 36.5 Å². The highest BCUT2D eigenvalue weighted by Gasteiger charge is 2.23. The predicted molar refractivity (Wildman–Crippen MR) is 90.3 cm³/mol. The van der Waals surface area contributed by atoms with Gasteiger partial charge in [0.05, 0.1) is 12.6 Å². The smallest absolute Gasteiger partial charge is 0.254 e. The van der Waals surface area contributed by atoms with Crippen molar-refractivity contribution in [3.05, 3.63) is 42.1 Å². The van der Waals surface area contributed by atoms with Gasteiger partial charge in [0.25, 0.3) is 5.91 Å². The molecule has 1 aliphatic heterocycles. The molecule has 122 valence electrons. The number of primary amides is 1. The third kappa shape index (κ3) is 3.34. The first-order chi connectivity index (χ1) is 11.7. The summed E-state index contributed by atoms with van der Waals surface area (Å²) >= 11 is 0. The van der Waals surface area contributed by atoms with E-state index in [1.165, 1.54) is 6.20 Å². The molecule has 1 amide bonds. The fraction of sp³-hybridized carbons (Fsp3) is 0.294. The van der Waals surface area contributed by atoms with Crippen molar-refractivity contribution in [3.8, 4) is 17.5 Å². The van der Waals surface area contributed by atoms with Crippen molar-refractivity contribution in [1.82, 2.24) is 14.9 Å². The Kier molecular flexibility index (Phi) is 4.68. The van der Waals surface area contributed by atoms with Crippen LogP contribution >= 0.6 is 0 Å². The summed E-state index contributed by atoms with van der Waals surface area (Å²) in [6.07, 6.45) is 1.49. The minimum Gasteiger partial charge on any atom is -0.365 e. The summed E-state index contributed by atoms with van der Waals surface area (Å²) in [5.74, 6) is 0.590. The Morgan fingerprint density at radius 3 is 2.54 bits per heavy atom. The van der Waals surface area contributed by atoms with Gasteiger partial charge in [-0.2, -0.15) is 5.26 Å². The Labute approximate surface area is 140 Å². The lowest BCUT2D eigenvalue weighted by molar-refractivity contribution is 0.1000. The molecule has 24 heavy (non-hydrogen) atoms. The van der Waals surface area contributed by atoms with Crippen LogP contribution < -0.4 is 10.6 Å². The lowest BCUT2D eigenvalue weighted by Crippen LogP contribution is -2.47. The molecule has 0 spiro atoms. The summed E-state index contributed by atoms with van der Waals surface area (Å²) in [5, 5.41) is 8.79. The zero-order valence-electron chi connectivity index (χ0n) is 13.2. The van der Waals surface area contributed by atoms with Crippen LogP contribution in [0.3, 0.4) is 0 Å². The molecule has 2 N–H and O–H groups in total. The second-order valence-corrected chi connectivity index (χ2v) is 5.58. The fourth-order valence-corrected chi connectivity index (χ4v) is 2.73. The Morgan fingerprint density at radius 1 is 1.21 bits per heavy atom. The van der Waals surface area contributed by atoms with Gasteiger partial charge in [0, 0.05) is 37.9 Å². The lowest BCUT2D eigenvalue weighted by atomic mass is 10.2. The van der Waals surface area contributed by atoms with Crippen molar-refractivity contribution in [2.75, 3.05) is 37.6 Å². The molecule has 0 radical (unpaired) electrons. The lowest BCUT2D eigenvalue weighted by Gasteiger charge is -2.34. The number of piperazine rings is 1. The zero-order chi connectivity index (χ0) is 16.9. The zero-order valence-corrected chi connectivity index (χ0v) is 13.2. The van der Waals surface area contributed by atoms with Crippen LogP contribution in [0.4, 0.5) is 5.82 Å². The van der Waals surface area contributed by atoms with E-state index >= 15 is 0 Å². The van der Waals surface area contributed by atoms with E-state index in [0.717, 1.165) is 18.7 Å². The van der Waals surface area contributed by atoms with Gasteiger partial charge in [0.15, 0.2) is 5.82 Å². The third-order valence-corrected chi connectivity index (χ3v) is 4.03. The molecule has 1 fully saturated rings. The molecule has 0 aliphatic carbocycles. The summed E-state index contributed by atoms with van der Waals surface area (Å²) in [5.41, 5.74) is 6.70. The molecule has 2 aromatic rings. The van der Waals surface area contributed by atoms with Crippen molar-refractivity contribution >= 4 is 11.7 Å². The average molecular weight is 322 g/mol. The first-order valence-electron chi connectivity index (χ1n) is 7.75. The van der Waals surface area contributed by atoms with Gasteiger partial charge >= 0.3 is 0 Å². The molecule has 7 nitrogen and oxygen atoms in total. The maximum atomic E-state index is 11.7. The summed E-state index contributed by atoms with van der Waals surface area (Å²) in [6.45, 7) is 3.28. The number of carbonyl (C=O) groups is 1. The molecular formula is C17H18N6O. The SMILES string of the molecule is N#CCN1CCN(c2nc(-c3ccccc3)ncc2C(N)=O)CC1. The highest BCUT2D eigenvalue weighted by molar-refractivity contribution is 5.97. The number of benzene rings is 1. The van der Waals surface area contributed by atoms with Crippen molar-refractivity contribution in [1.29, 1.82) is 5.26 Å². The van der Waals surface area contributed by atoms with E-state index in [2.05, 4.69) is 20.9 Å². The summed E-state index contributed by atoms with van der Waals surface area (Å²) in [7, 11) is 0. The van der Waals surface area contributed by atoms with E-state index in [4.69, 9.17) is 11.0 Å². The van der Waals surface area contributed by atoms with Crippen molar-refractivity contribution in [2.24, 2.45) is 5.73 Å². The van der Waals surface area contributed by atoms with Gasteiger partial charge in [-0.3, -0.25) is 9.69 Å². The normalized spacial score (nSPS) is 15.0. The summed E-state index contributed by atoms with van der Waals surface area (Å²) in [4.78, 5) is 24.7. The van der Waals surface area contributed by atoms with Crippen LogP contribution in [0, 0.1) is 11.3 Å². The predicted octanol–water partition coefficient (Wildman–Crippen LogP) is 0.888. The van der Waals surface area contributed by atoms with E-state index in [1.807, 2.05) is 35.2 Å². The number of hydrogen-bond donors (Lipinski definition) is 1. The quantitative estimate of drug-likeness (QED) is 0.839. The first-order valence-corrected chi connectivity index (χ1v) is 7.75. The highest BCUT2D eigenvalue weighted by Crippen LogP contribution is 2.23. The topological polar surface area (TPSA) is 99.1 Å². The second kappa shape index (κ2) is 7.06. The third-order valence-electron chi connectivity index (χ3n) is 4.03. The standard InChI is InChI=1S/C17H18N6O/c18-6-7-22-8-10-23(11-9-22)17-14(15(19)24)12-20-16(21-17)13-4-2-1-3-5-13/h1-5,12H,7-11H2,(H2,19,24). The molecular weight excluding hydrogens is 304 g/mol. The van der Waals surface area contributed by atoms with Crippen LogP contribution in [0.25, 0.3) is 11.4 Å². The van der Waals surface area contributed by atoms with E-state index in [9.17, 15) is 4.79 Å². The van der Waals surface area contributed by atoms with Crippen molar-refractivity contribution < 1.29 is 4.79 Å². The fourth-order valence-electron chi connectivity index (χ4n) is 2.73. The summed E-state index contributed by atoms with van der Waals surface area (Å²) in [6, 6.07) is 11.8. The highest BCUT2D eigenvalue weighted by atomic mass is 16.1. The van der Waals surface area contributed by atoms with Gasteiger partial charge in [-0.05, 0) is 0 Å². The molecule has 1 aromatic heterocycles. The minimum atomic E-state index is -0.538. The average Bonchev–Trinajstić information content (AvgIpc) is 2.63. The molecule has 3 rings (SSSR count). The van der Waals surface area contributed by atoms with Gasteiger partial charge in [0.1, 0.15) is 11.4 Å². The molecule has 0 atom stereocenters. The number of aromatic nitrogens is 2. The van der Waals surface area contributed by atoms with E-state index in [1.54, 1.807) is 0 Å². The number of nitrogens with two attached hydrogens (primary N) is 1. The van der Waals surface area contributed by atoms with Crippen LogP contribution in [0.5, 0.6) is 0 Å². The van der Waals surface area contributed by atoms with Crippen LogP contribution in [0.1, 0.15) is 10.4 Å². The number of amides is 1. The monoisotopic (exact) mass is 322 g/mol. The molecule has 1 saturated heterocycles. The molecule has 0 bridgehead atoms. The van der Waals surface area contributed by atoms with E-state index in [-0.39, 0.29) is 0 Å². The Hall–Kier alpha value is -2.98. The molecule has 2 heterocycles. The Bertz CT molecular complexity index is 762. The number of nitriles is 1. The van der Waals surface area contributed by atoms with Gasteiger partial charge in [-0.25, -0.2) is 9.97 Å². The van der Waals surface area contributed by atoms with Gasteiger partial charge in [0.2, 0.25) is 0 Å². The number of anilines is 1. The Morgan fingerprint density at radius 2 is 1.92 bits per heavy atom. The Balaban J connectivity index is 1.91. The number of nitrogens with zero attached hydrogens (tertiary/aromatic N) is 5. The maximum Gasteiger partial charge on any atom is 0.254 e. The maximum absolute atomic E-state index is 11.7. The number of rotatable bonds is 4. The molecule has 1 aromatic carbocycles. The molecule has 7 heteroatoms. The molecule has 0 unspecified atom stereocenters. The van der Waals surface area contributed by atoms with Gasteiger partial charge in [-0.15, -0.1) is 0 Å². The van der Waals surface area contributed by atoms with Crippen LogP contribution in [-0.2, 0) is 0 Å². The van der Waals surface area contributed by atoms with Crippen molar-refractivity contribution in [2.45, 2.75) is 0 Å². The molecule has 0 saturated carbocycles. The van der Waals surface area contributed by atoms with Crippen molar-refractivity contribution in [3.63, 3.8) is 0 Å².